The zero-order chi connectivity index (χ0) is 14.3. The number of ether oxygens (including phenoxy) is 1. The van der Waals surface area contributed by atoms with E-state index in [-0.39, 0.29) is 11.7 Å². The lowest BCUT2D eigenvalue weighted by molar-refractivity contribution is -0.146. The summed E-state index contributed by atoms with van der Waals surface area (Å²) in [6, 6.07) is 9.41. The average molecular weight is 278 g/mol. The molecule has 0 fully saturated rings. The molecule has 0 amide bonds. The minimum absolute atomic E-state index is 0.0564. The molecule has 0 radical (unpaired) electrons. The summed E-state index contributed by atoms with van der Waals surface area (Å²) in [6.45, 7) is 7.22. The van der Waals surface area contributed by atoms with Crippen LogP contribution in [0, 0.1) is 0 Å². The maximum absolute atomic E-state index is 12.1. The van der Waals surface area contributed by atoms with Crippen molar-refractivity contribution in [2.45, 2.75) is 31.6 Å². The Morgan fingerprint density at radius 3 is 2.53 bits per heavy atom. The fourth-order valence-corrected chi connectivity index (χ4v) is 2.18. The van der Waals surface area contributed by atoms with Crippen molar-refractivity contribution in [2.24, 2.45) is 0 Å². The minimum atomic E-state index is -1.03. The van der Waals surface area contributed by atoms with Gasteiger partial charge in [-0.2, -0.15) is 0 Å². The number of thioether (sulfide) groups is 1. The van der Waals surface area contributed by atoms with Crippen molar-refractivity contribution in [2.75, 3.05) is 0 Å². The number of hydrogen-bond acceptors (Lipinski definition) is 4. The summed E-state index contributed by atoms with van der Waals surface area (Å²) in [7, 11) is 0. The molecule has 3 nitrogen and oxygen atoms in total. The Bertz CT molecular complexity index is 456. The standard InChI is InChI=1S/C15H18O3S/c1-4-13(16)19-15(3,5-2)14(17)18-11-12-9-7-6-8-10-12/h5-10H,2,4,11H2,1,3H3/t15-/m1/s1. The van der Waals surface area contributed by atoms with E-state index in [1.54, 1.807) is 13.8 Å². The number of carbonyl (C=O) groups is 2. The molecule has 0 aliphatic heterocycles. The summed E-state index contributed by atoms with van der Waals surface area (Å²) in [5, 5.41) is -0.0564. The Kier molecular flexibility index (Phi) is 5.83. The molecule has 1 atom stereocenters. The quantitative estimate of drug-likeness (QED) is 0.591. The van der Waals surface area contributed by atoms with Gasteiger partial charge in [-0.3, -0.25) is 9.59 Å². The fourth-order valence-electron chi connectivity index (χ4n) is 1.34. The molecule has 102 valence electrons. The van der Waals surface area contributed by atoms with Gasteiger partial charge in [0.15, 0.2) is 5.12 Å². The summed E-state index contributed by atoms with van der Waals surface area (Å²) in [5.74, 6) is -0.446. The first kappa shape index (κ1) is 15.5. The molecule has 0 bridgehead atoms. The van der Waals surface area contributed by atoms with Crippen molar-refractivity contribution in [3.63, 3.8) is 0 Å². The number of hydrogen-bond donors (Lipinski definition) is 0. The van der Waals surface area contributed by atoms with E-state index in [1.807, 2.05) is 30.3 Å². The van der Waals surface area contributed by atoms with E-state index in [4.69, 9.17) is 4.74 Å². The van der Waals surface area contributed by atoms with Gasteiger partial charge in [0.1, 0.15) is 11.4 Å². The first-order valence-electron chi connectivity index (χ1n) is 6.08. The lowest BCUT2D eigenvalue weighted by atomic mass is 10.2. The highest BCUT2D eigenvalue weighted by molar-refractivity contribution is 8.15. The van der Waals surface area contributed by atoms with Gasteiger partial charge in [0.2, 0.25) is 0 Å². The van der Waals surface area contributed by atoms with E-state index < -0.39 is 10.7 Å². The molecule has 1 rings (SSSR count). The molecule has 0 heterocycles. The van der Waals surface area contributed by atoms with Crippen LogP contribution in [0.3, 0.4) is 0 Å². The topological polar surface area (TPSA) is 43.4 Å². The van der Waals surface area contributed by atoms with E-state index in [0.29, 0.717) is 6.42 Å². The maximum Gasteiger partial charge on any atom is 0.326 e. The zero-order valence-electron chi connectivity index (χ0n) is 11.2. The third-order valence-corrected chi connectivity index (χ3v) is 3.90. The van der Waals surface area contributed by atoms with Crippen LogP contribution in [0.25, 0.3) is 0 Å². The Hall–Kier alpha value is -1.55. The van der Waals surface area contributed by atoms with E-state index in [9.17, 15) is 9.59 Å². The number of carbonyl (C=O) groups excluding carboxylic acids is 2. The second-order valence-electron chi connectivity index (χ2n) is 4.20. The number of esters is 1. The van der Waals surface area contributed by atoms with Crippen LogP contribution in [0.2, 0.25) is 0 Å². The van der Waals surface area contributed by atoms with E-state index in [1.165, 1.54) is 6.08 Å². The normalized spacial score (nSPS) is 13.4. The first-order valence-corrected chi connectivity index (χ1v) is 6.90. The van der Waals surface area contributed by atoms with Crippen molar-refractivity contribution in [3.05, 3.63) is 48.6 Å². The van der Waals surface area contributed by atoms with Gasteiger partial charge < -0.3 is 4.74 Å². The lowest BCUT2D eigenvalue weighted by Gasteiger charge is -2.21. The molecule has 0 spiro atoms. The molecule has 0 N–H and O–H groups in total. The van der Waals surface area contributed by atoms with Crippen LogP contribution in [0.5, 0.6) is 0 Å². The van der Waals surface area contributed by atoms with Gasteiger partial charge in [0.05, 0.1) is 0 Å². The van der Waals surface area contributed by atoms with Crippen molar-refractivity contribution < 1.29 is 14.3 Å². The van der Waals surface area contributed by atoms with E-state index in [2.05, 4.69) is 6.58 Å². The molecule has 0 aliphatic rings. The summed E-state index contributed by atoms with van der Waals surface area (Å²) in [5.41, 5.74) is 0.911. The summed E-state index contributed by atoms with van der Waals surface area (Å²) < 4.78 is 4.22. The molecule has 0 aromatic heterocycles. The van der Waals surface area contributed by atoms with Crippen LogP contribution in [0.4, 0.5) is 0 Å². The summed E-state index contributed by atoms with van der Waals surface area (Å²) in [4.78, 5) is 23.5. The SMILES string of the molecule is C=C[C@@](C)(SC(=O)CC)C(=O)OCc1ccccc1. The summed E-state index contributed by atoms with van der Waals surface area (Å²) in [6.07, 6.45) is 1.83. The molecule has 19 heavy (non-hydrogen) atoms. The van der Waals surface area contributed by atoms with Crippen molar-refractivity contribution >= 4 is 22.8 Å². The molecule has 0 aliphatic carbocycles. The van der Waals surface area contributed by atoms with Crippen LogP contribution in [0.1, 0.15) is 25.8 Å². The van der Waals surface area contributed by atoms with Gasteiger partial charge in [-0.15, -0.1) is 6.58 Å². The van der Waals surface area contributed by atoms with Crippen LogP contribution >= 0.6 is 11.8 Å². The van der Waals surface area contributed by atoms with E-state index >= 15 is 0 Å². The highest BCUT2D eigenvalue weighted by atomic mass is 32.2. The fraction of sp³-hybridized carbons (Fsp3) is 0.333. The smallest absolute Gasteiger partial charge is 0.326 e. The molecule has 0 saturated carbocycles. The number of rotatable bonds is 6. The molecular formula is C15H18O3S. The molecule has 1 aromatic rings. The van der Waals surface area contributed by atoms with Crippen molar-refractivity contribution in [1.29, 1.82) is 0 Å². The Labute approximate surface area is 118 Å². The molecule has 0 unspecified atom stereocenters. The van der Waals surface area contributed by atoms with Gasteiger partial charge >= 0.3 is 5.97 Å². The van der Waals surface area contributed by atoms with Crippen molar-refractivity contribution in [3.8, 4) is 0 Å². The predicted molar refractivity (Wildman–Crippen MR) is 77.7 cm³/mol. The largest absolute Gasteiger partial charge is 0.460 e. The van der Waals surface area contributed by atoms with Gasteiger partial charge in [-0.05, 0) is 12.5 Å². The molecular weight excluding hydrogens is 260 g/mol. The van der Waals surface area contributed by atoms with Crippen LogP contribution in [-0.2, 0) is 20.9 Å². The predicted octanol–water partition coefficient (Wildman–Crippen LogP) is 3.34. The second kappa shape index (κ2) is 7.14. The molecule has 0 saturated heterocycles. The average Bonchev–Trinajstić information content (AvgIpc) is 2.45. The Balaban J connectivity index is 2.64. The molecule has 1 aromatic carbocycles. The summed E-state index contributed by atoms with van der Waals surface area (Å²) >= 11 is 0.959. The van der Waals surface area contributed by atoms with Gasteiger partial charge in [-0.1, -0.05) is 55.1 Å². The third kappa shape index (κ3) is 4.56. The third-order valence-electron chi connectivity index (χ3n) is 2.62. The maximum atomic E-state index is 12.1. The van der Waals surface area contributed by atoms with Gasteiger partial charge in [0.25, 0.3) is 0 Å². The van der Waals surface area contributed by atoms with Crippen molar-refractivity contribution in [1.82, 2.24) is 0 Å². The minimum Gasteiger partial charge on any atom is -0.460 e. The van der Waals surface area contributed by atoms with Crippen LogP contribution < -0.4 is 0 Å². The molecule has 4 heteroatoms. The van der Waals surface area contributed by atoms with Gasteiger partial charge in [-0.25, -0.2) is 0 Å². The Morgan fingerprint density at radius 1 is 1.37 bits per heavy atom. The lowest BCUT2D eigenvalue weighted by Crippen LogP contribution is -2.32. The monoisotopic (exact) mass is 278 g/mol. The van der Waals surface area contributed by atoms with Crippen LogP contribution in [0.15, 0.2) is 43.0 Å². The zero-order valence-corrected chi connectivity index (χ0v) is 12.0. The van der Waals surface area contributed by atoms with Crippen LogP contribution in [-0.4, -0.2) is 15.8 Å². The van der Waals surface area contributed by atoms with Gasteiger partial charge in [0, 0.05) is 6.42 Å². The Morgan fingerprint density at radius 2 is 2.00 bits per heavy atom. The van der Waals surface area contributed by atoms with E-state index in [0.717, 1.165) is 17.3 Å². The number of benzene rings is 1. The highest BCUT2D eigenvalue weighted by Gasteiger charge is 2.34. The first-order chi connectivity index (χ1) is 9.01. The second-order valence-corrected chi connectivity index (χ2v) is 5.71. The highest BCUT2D eigenvalue weighted by Crippen LogP contribution is 2.29.